The third kappa shape index (κ3) is 3.03. The number of aromatic nitrogens is 1. The van der Waals surface area contributed by atoms with E-state index in [-0.39, 0.29) is 24.3 Å². The van der Waals surface area contributed by atoms with Crippen LogP contribution in [0.4, 0.5) is 36.2 Å². The van der Waals surface area contributed by atoms with Crippen molar-refractivity contribution in [2.45, 2.75) is 19.4 Å². The molecule has 0 saturated carbocycles. The summed E-state index contributed by atoms with van der Waals surface area (Å²) in [6.45, 7) is 3.56. The number of carboxylic acid groups (broad SMARTS) is 1. The van der Waals surface area contributed by atoms with Crippen molar-refractivity contribution in [3.8, 4) is 0 Å². The minimum Gasteiger partial charge on any atom is -0.615 e. The number of rotatable bonds is 3. The maximum Gasteiger partial charge on any atom is 0.345 e. The molecule has 0 bridgehead atoms. The van der Waals surface area contributed by atoms with Gasteiger partial charge in [-0.15, -0.1) is 0 Å². The normalized spacial score (nSPS) is 21.7. The molecule has 168 valence electrons. The van der Waals surface area contributed by atoms with E-state index in [0.29, 0.717) is 12.3 Å². The van der Waals surface area contributed by atoms with Gasteiger partial charge in [0.25, 0.3) is 5.82 Å². The number of fused-ring (bicyclic) bond motifs is 1. The number of carbonyl (C=O) groups is 2. The maximum absolute atomic E-state index is 15.0. The molecular weight excluding hydrogens is 431 g/mol. The van der Waals surface area contributed by atoms with Crippen LogP contribution in [0.2, 0.25) is 0 Å². The minimum atomic E-state index is -2.02. The standard InChI is InChI=1S/C20H18F3N5O4/c1-8-14(27-6-20(2,25)7-27)11(21)3-9-15(8)28(32,5-10(16(9)29)19(30)31)18-13(23)4-12(22)17(24)26-18/h3-5H,6-7,25H2,1-2H3,(H2,24,26)(H,30,31). The lowest BCUT2D eigenvalue weighted by molar-refractivity contribution is -0.132. The molecule has 12 heteroatoms. The van der Waals surface area contributed by atoms with Crippen LogP contribution >= 0.6 is 0 Å². The number of hydrogen-bond acceptors (Lipinski definition) is 7. The zero-order valence-electron chi connectivity index (χ0n) is 16.9. The average molecular weight is 449 g/mol. The molecule has 1 atom stereocenters. The van der Waals surface area contributed by atoms with Gasteiger partial charge in [-0.1, -0.05) is 0 Å². The molecule has 3 heterocycles. The van der Waals surface area contributed by atoms with Crippen molar-refractivity contribution >= 4 is 34.8 Å². The zero-order valence-corrected chi connectivity index (χ0v) is 16.9. The van der Waals surface area contributed by atoms with Crippen LogP contribution < -0.4 is 21.0 Å². The van der Waals surface area contributed by atoms with Gasteiger partial charge < -0.3 is 26.7 Å². The average Bonchev–Trinajstić information content (AvgIpc) is 2.65. The monoisotopic (exact) mass is 449 g/mol. The largest absolute Gasteiger partial charge is 0.615 e. The van der Waals surface area contributed by atoms with Crippen LogP contribution in [0.15, 0.2) is 23.9 Å². The Labute approximate surface area is 179 Å². The van der Waals surface area contributed by atoms with Gasteiger partial charge in [0.2, 0.25) is 11.6 Å². The molecule has 1 fully saturated rings. The first kappa shape index (κ1) is 21.7. The fourth-order valence-electron chi connectivity index (χ4n) is 4.20. The SMILES string of the molecule is Cc1c(N2CC(C)(N)C2)c(F)cc2c1[N+]([O-])(c1nc(N)c(F)cc1F)C=C(C(=O)O)C2=O. The Balaban J connectivity index is 2.05. The van der Waals surface area contributed by atoms with E-state index >= 15 is 4.39 Å². The highest BCUT2D eigenvalue weighted by molar-refractivity contribution is 6.27. The molecule has 0 spiro atoms. The highest BCUT2D eigenvalue weighted by Crippen LogP contribution is 2.48. The van der Waals surface area contributed by atoms with Gasteiger partial charge in [0.1, 0.15) is 12.0 Å². The summed E-state index contributed by atoms with van der Waals surface area (Å²) in [5, 5.41) is 23.4. The Bertz CT molecular complexity index is 1240. The second-order valence-electron chi connectivity index (χ2n) is 8.23. The molecular formula is C20H18F3N5O4. The molecule has 0 aliphatic carbocycles. The molecule has 9 nitrogen and oxygen atoms in total. The van der Waals surface area contributed by atoms with Crippen LogP contribution in [-0.4, -0.2) is 40.5 Å². The first-order valence-electron chi connectivity index (χ1n) is 9.37. The Kier molecular flexibility index (Phi) is 4.59. The molecule has 32 heavy (non-hydrogen) atoms. The van der Waals surface area contributed by atoms with Crippen molar-refractivity contribution in [2.75, 3.05) is 23.7 Å². The highest BCUT2D eigenvalue weighted by Gasteiger charge is 2.46. The van der Waals surface area contributed by atoms with Gasteiger partial charge in [-0.25, -0.2) is 18.2 Å². The van der Waals surface area contributed by atoms with Crippen LogP contribution in [0.5, 0.6) is 0 Å². The quantitative estimate of drug-likeness (QED) is 0.367. The van der Waals surface area contributed by atoms with E-state index < -0.39 is 67.8 Å². The molecule has 4 rings (SSSR count). The number of nitrogens with two attached hydrogens (primary N) is 2. The van der Waals surface area contributed by atoms with E-state index in [2.05, 4.69) is 4.98 Å². The number of nitrogen functional groups attached to an aromatic ring is 1. The number of ketones is 1. The fourth-order valence-corrected chi connectivity index (χ4v) is 4.20. The molecule has 0 radical (unpaired) electrons. The summed E-state index contributed by atoms with van der Waals surface area (Å²) in [6.07, 6.45) is 0.438. The molecule has 5 N–H and O–H groups in total. The number of quaternary nitrogens is 1. The van der Waals surface area contributed by atoms with Crippen molar-refractivity contribution in [3.05, 3.63) is 57.7 Å². The van der Waals surface area contributed by atoms with Gasteiger partial charge in [0.05, 0.1) is 11.3 Å². The molecule has 2 aromatic rings. The second kappa shape index (κ2) is 6.76. The molecule has 2 aliphatic rings. The van der Waals surface area contributed by atoms with Crippen LogP contribution in [0.3, 0.4) is 0 Å². The number of hydrogen-bond donors (Lipinski definition) is 3. The van der Waals surface area contributed by atoms with Crippen LogP contribution in [0, 0.1) is 29.6 Å². The first-order valence-corrected chi connectivity index (χ1v) is 9.37. The first-order chi connectivity index (χ1) is 14.8. The molecule has 0 amide bonds. The fraction of sp³-hybridized carbons (Fsp3) is 0.250. The van der Waals surface area contributed by atoms with Gasteiger partial charge in [0, 0.05) is 30.3 Å². The van der Waals surface area contributed by atoms with Crippen molar-refractivity contribution in [3.63, 3.8) is 0 Å². The molecule has 2 aliphatic heterocycles. The minimum absolute atomic E-state index is 0.0383. The molecule has 1 unspecified atom stereocenters. The van der Waals surface area contributed by atoms with Crippen molar-refractivity contribution < 1.29 is 27.9 Å². The lowest BCUT2D eigenvalue weighted by atomic mass is 9.89. The number of hydroxylamine groups is 1. The number of Topliss-reactive ketones (excluding diaryl/α,β-unsaturated/α-hetero) is 1. The summed E-state index contributed by atoms with van der Waals surface area (Å²) < 4.78 is 41.4. The van der Waals surface area contributed by atoms with Gasteiger partial charge in [-0.3, -0.25) is 4.79 Å². The van der Waals surface area contributed by atoms with Crippen molar-refractivity contribution in [1.29, 1.82) is 0 Å². The lowest BCUT2D eigenvalue weighted by Crippen LogP contribution is -2.66. The molecule has 1 saturated heterocycles. The van der Waals surface area contributed by atoms with Gasteiger partial charge in [-0.2, -0.15) is 9.37 Å². The summed E-state index contributed by atoms with van der Waals surface area (Å²) >= 11 is 0. The highest BCUT2D eigenvalue weighted by atomic mass is 19.1. The number of carboxylic acids is 1. The van der Waals surface area contributed by atoms with E-state index in [1.54, 1.807) is 11.8 Å². The summed E-state index contributed by atoms with van der Waals surface area (Å²) in [6, 6.07) is 1.06. The van der Waals surface area contributed by atoms with E-state index in [9.17, 15) is 28.7 Å². The van der Waals surface area contributed by atoms with E-state index in [1.165, 1.54) is 6.92 Å². The number of aliphatic carboxylic acids is 1. The smallest absolute Gasteiger partial charge is 0.345 e. The number of anilines is 2. The number of nitrogens with zero attached hydrogens (tertiary/aromatic N) is 3. The van der Waals surface area contributed by atoms with Crippen molar-refractivity contribution in [2.24, 2.45) is 5.73 Å². The van der Waals surface area contributed by atoms with Gasteiger partial charge >= 0.3 is 5.97 Å². The van der Waals surface area contributed by atoms with Gasteiger partial charge in [-0.05, 0) is 19.9 Å². The van der Waals surface area contributed by atoms with Crippen LogP contribution in [-0.2, 0) is 4.79 Å². The number of pyridine rings is 1. The Morgan fingerprint density at radius 1 is 1.25 bits per heavy atom. The second-order valence-corrected chi connectivity index (χ2v) is 8.23. The predicted octanol–water partition coefficient (Wildman–Crippen LogP) is 2.23. The summed E-state index contributed by atoms with van der Waals surface area (Å²) in [4.78, 5) is 29.4. The Hall–Kier alpha value is -3.48. The zero-order chi connectivity index (χ0) is 23.7. The Morgan fingerprint density at radius 3 is 2.44 bits per heavy atom. The van der Waals surface area contributed by atoms with E-state index in [1.807, 2.05) is 0 Å². The molecule has 1 aromatic carbocycles. The number of carbonyl (C=O) groups excluding carboxylic acids is 1. The van der Waals surface area contributed by atoms with Crippen LogP contribution in [0.1, 0.15) is 22.8 Å². The lowest BCUT2D eigenvalue weighted by Gasteiger charge is -2.48. The predicted molar refractivity (Wildman–Crippen MR) is 109 cm³/mol. The van der Waals surface area contributed by atoms with Crippen LogP contribution in [0.25, 0.3) is 0 Å². The van der Waals surface area contributed by atoms with E-state index in [4.69, 9.17) is 11.5 Å². The maximum atomic E-state index is 15.0. The summed E-state index contributed by atoms with van der Waals surface area (Å²) in [5.74, 6) is -8.24. The van der Waals surface area contributed by atoms with E-state index in [0.717, 1.165) is 6.07 Å². The third-order valence-electron chi connectivity index (χ3n) is 5.50. The molecule has 1 aromatic heterocycles. The Morgan fingerprint density at radius 2 is 1.88 bits per heavy atom. The summed E-state index contributed by atoms with van der Waals surface area (Å²) in [5.41, 5.74) is 8.68. The van der Waals surface area contributed by atoms with Crippen molar-refractivity contribution in [1.82, 2.24) is 9.63 Å². The number of halogens is 3. The summed E-state index contributed by atoms with van der Waals surface area (Å²) in [7, 11) is 0. The topological polar surface area (TPSA) is 146 Å². The van der Waals surface area contributed by atoms with Gasteiger partial charge in [0.15, 0.2) is 22.9 Å². The third-order valence-corrected chi connectivity index (χ3v) is 5.50. The number of benzene rings is 1.